The number of carbonyl (C=O) groups is 1. The Kier molecular flexibility index (Phi) is 5.29. The standard InChI is InChI=1S/C18H18F3NO2/c1-13(14-9-5-3-6-10-14)22-16(23)17(24-2,18(19,20)21)15-11-7-4-8-12-15/h3-13H,1-2H3,(H,22,23)/t13-,17+/m1/s1. The number of rotatable bonds is 5. The predicted molar refractivity (Wildman–Crippen MR) is 84.2 cm³/mol. The highest BCUT2D eigenvalue weighted by molar-refractivity contribution is 5.88. The molecule has 0 saturated heterocycles. The van der Waals surface area contributed by atoms with Crippen molar-refractivity contribution >= 4 is 5.91 Å². The largest absolute Gasteiger partial charge is 0.430 e. The van der Waals surface area contributed by atoms with E-state index >= 15 is 0 Å². The zero-order valence-corrected chi connectivity index (χ0v) is 13.3. The third-order valence-electron chi connectivity index (χ3n) is 3.85. The Morgan fingerprint density at radius 1 is 1.00 bits per heavy atom. The van der Waals surface area contributed by atoms with Gasteiger partial charge in [-0.2, -0.15) is 13.2 Å². The Balaban J connectivity index is 2.39. The molecule has 128 valence electrons. The van der Waals surface area contributed by atoms with Gasteiger partial charge < -0.3 is 10.1 Å². The summed E-state index contributed by atoms with van der Waals surface area (Å²) in [6.45, 7) is 1.62. The highest BCUT2D eigenvalue weighted by atomic mass is 19.4. The van der Waals surface area contributed by atoms with Crippen LogP contribution in [0.25, 0.3) is 0 Å². The molecule has 0 aliphatic rings. The second kappa shape index (κ2) is 7.05. The summed E-state index contributed by atoms with van der Waals surface area (Å²) in [5.74, 6) is -1.25. The van der Waals surface area contributed by atoms with Crippen LogP contribution in [-0.2, 0) is 15.1 Å². The molecule has 0 heterocycles. The summed E-state index contributed by atoms with van der Waals surface area (Å²) in [6, 6.07) is 15.1. The monoisotopic (exact) mass is 337 g/mol. The molecule has 1 amide bonds. The molecular formula is C18H18F3NO2. The van der Waals surface area contributed by atoms with Crippen molar-refractivity contribution in [2.45, 2.75) is 24.7 Å². The van der Waals surface area contributed by atoms with E-state index in [1.807, 2.05) is 0 Å². The highest BCUT2D eigenvalue weighted by Gasteiger charge is 2.62. The molecule has 0 aliphatic carbocycles. The summed E-state index contributed by atoms with van der Waals surface area (Å²) < 4.78 is 46.1. The second-order valence-electron chi connectivity index (χ2n) is 5.35. The van der Waals surface area contributed by atoms with E-state index < -0.39 is 23.7 Å². The number of hydrogen-bond acceptors (Lipinski definition) is 2. The van der Waals surface area contributed by atoms with Crippen LogP contribution < -0.4 is 5.32 Å². The quantitative estimate of drug-likeness (QED) is 0.897. The SMILES string of the molecule is CO[C@](C(=O)N[C@H](C)c1ccccc1)(c1ccccc1)C(F)(F)F. The van der Waals surface area contributed by atoms with Crippen molar-refractivity contribution in [1.29, 1.82) is 0 Å². The van der Waals surface area contributed by atoms with Crippen LogP contribution in [0.4, 0.5) is 13.2 Å². The Morgan fingerprint density at radius 3 is 1.96 bits per heavy atom. The van der Waals surface area contributed by atoms with Crippen LogP contribution in [0.3, 0.4) is 0 Å². The Hall–Kier alpha value is -2.34. The normalized spacial score (nSPS) is 15.4. The Bertz CT molecular complexity index is 674. The summed E-state index contributed by atoms with van der Waals surface area (Å²) in [7, 11) is 0.882. The van der Waals surface area contributed by atoms with E-state index in [-0.39, 0.29) is 5.56 Å². The fraction of sp³-hybridized carbons (Fsp3) is 0.278. The minimum Gasteiger partial charge on any atom is -0.356 e. The maximum atomic E-state index is 13.8. The average Bonchev–Trinajstić information content (AvgIpc) is 2.56. The summed E-state index contributed by atoms with van der Waals surface area (Å²) in [5, 5.41) is 2.41. The molecule has 0 radical (unpaired) electrons. The van der Waals surface area contributed by atoms with Gasteiger partial charge in [0.1, 0.15) is 0 Å². The number of nitrogens with one attached hydrogen (secondary N) is 1. The molecule has 0 fully saturated rings. The molecule has 0 bridgehead atoms. The van der Waals surface area contributed by atoms with Gasteiger partial charge in [0.05, 0.1) is 6.04 Å². The Labute approximate surface area is 138 Å². The van der Waals surface area contributed by atoms with Crippen molar-refractivity contribution in [3.8, 4) is 0 Å². The molecule has 0 aromatic heterocycles. The maximum Gasteiger partial charge on any atom is 0.430 e. The fourth-order valence-corrected chi connectivity index (χ4v) is 2.55. The Morgan fingerprint density at radius 2 is 1.50 bits per heavy atom. The zero-order valence-electron chi connectivity index (χ0n) is 13.3. The molecule has 6 heteroatoms. The van der Waals surface area contributed by atoms with Crippen LogP contribution in [0, 0.1) is 0 Å². The van der Waals surface area contributed by atoms with Crippen LogP contribution in [0.15, 0.2) is 60.7 Å². The molecule has 24 heavy (non-hydrogen) atoms. The molecule has 1 N–H and O–H groups in total. The first kappa shape index (κ1) is 18.0. The number of ether oxygens (including phenoxy) is 1. The van der Waals surface area contributed by atoms with Gasteiger partial charge in [-0.25, -0.2) is 0 Å². The van der Waals surface area contributed by atoms with Crippen molar-refractivity contribution in [3.05, 3.63) is 71.8 Å². The lowest BCUT2D eigenvalue weighted by Gasteiger charge is -2.34. The predicted octanol–water partition coefficient (Wildman–Crippen LogP) is 3.97. The number of hydrogen-bond donors (Lipinski definition) is 1. The van der Waals surface area contributed by atoms with Crippen molar-refractivity contribution in [2.24, 2.45) is 0 Å². The first-order chi connectivity index (χ1) is 11.3. The van der Waals surface area contributed by atoms with Crippen LogP contribution >= 0.6 is 0 Å². The molecule has 2 aromatic carbocycles. The number of benzene rings is 2. The van der Waals surface area contributed by atoms with E-state index in [1.54, 1.807) is 43.3 Å². The van der Waals surface area contributed by atoms with Gasteiger partial charge in [0.2, 0.25) is 0 Å². The van der Waals surface area contributed by atoms with Crippen LogP contribution in [-0.4, -0.2) is 19.2 Å². The number of amides is 1. The maximum absolute atomic E-state index is 13.8. The van der Waals surface area contributed by atoms with Gasteiger partial charge in [-0.05, 0) is 12.5 Å². The van der Waals surface area contributed by atoms with E-state index in [0.717, 1.165) is 7.11 Å². The van der Waals surface area contributed by atoms with Crippen molar-refractivity contribution in [1.82, 2.24) is 5.32 Å². The minimum atomic E-state index is -4.91. The van der Waals surface area contributed by atoms with Crippen LogP contribution in [0.1, 0.15) is 24.1 Å². The smallest absolute Gasteiger partial charge is 0.356 e. The minimum absolute atomic E-state index is 0.266. The van der Waals surface area contributed by atoms with E-state index in [2.05, 4.69) is 5.32 Å². The summed E-state index contributed by atoms with van der Waals surface area (Å²) in [5.41, 5.74) is -2.62. The third kappa shape index (κ3) is 3.28. The average molecular weight is 337 g/mol. The fourth-order valence-electron chi connectivity index (χ4n) is 2.55. The molecule has 0 unspecified atom stereocenters. The number of alkyl halides is 3. The first-order valence-electron chi connectivity index (χ1n) is 7.36. The number of carbonyl (C=O) groups excluding carboxylic acids is 1. The van der Waals surface area contributed by atoms with Gasteiger partial charge in [-0.1, -0.05) is 60.7 Å². The summed E-state index contributed by atoms with van der Waals surface area (Å²) in [6.07, 6.45) is -4.91. The molecular weight excluding hydrogens is 319 g/mol. The lowest BCUT2D eigenvalue weighted by molar-refractivity contribution is -0.266. The first-order valence-corrected chi connectivity index (χ1v) is 7.36. The van der Waals surface area contributed by atoms with Crippen molar-refractivity contribution in [2.75, 3.05) is 7.11 Å². The molecule has 2 rings (SSSR count). The lowest BCUT2D eigenvalue weighted by Crippen LogP contribution is -2.56. The zero-order chi connectivity index (χ0) is 17.8. The van der Waals surface area contributed by atoms with Gasteiger partial charge in [0, 0.05) is 12.7 Å². The third-order valence-corrected chi connectivity index (χ3v) is 3.85. The van der Waals surface area contributed by atoms with Crippen LogP contribution in [0.2, 0.25) is 0 Å². The van der Waals surface area contributed by atoms with Crippen LogP contribution in [0.5, 0.6) is 0 Å². The molecule has 2 atom stereocenters. The van der Waals surface area contributed by atoms with E-state index in [0.29, 0.717) is 5.56 Å². The molecule has 3 nitrogen and oxygen atoms in total. The lowest BCUT2D eigenvalue weighted by atomic mass is 9.91. The molecule has 0 aliphatic heterocycles. The topological polar surface area (TPSA) is 38.3 Å². The van der Waals surface area contributed by atoms with E-state index in [4.69, 9.17) is 4.74 Å². The molecule has 0 saturated carbocycles. The van der Waals surface area contributed by atoms with Gasteiger partial charge >= 0.3 is 6.18 Å². The van der Waals surface area contributed by atoms with Gasteiger partial charge in [-0.15, -0.1) is 0 Å². The number of methoxy groups -OCH3 is 1. The van der Waals surface area contributed by atoms with Gasteiger partial charge in [-0.3, -0.25) is 4.79 Å². The van der Waals surface area contributed by atoms with E-state index in [1.165, 1.54) is 24.3 Å². The summed E-state index contributed by atoms with van der Waals surface area (Å²) in [4.78, 5) is 12.6. The molecule has 2 aromatic rings. The second-order valence-corrected chi connectivity index (χ2v) is 5.35. The van der Waals surface area contributed by atoms with Crippen molar-refractivity contribution in [3.63, 3.8) is 0 Å². The number of halogens is 3. The van der Waals surface area contributed by atoms with Gasteiger partial charge in [0.15, 0.2) is 0 Å². The van der Waals surface area contributed by atoms with Crippen molar-refractivity contribution < 1.29 is 22.7 Å². The summed E-state index contributed by atoms with van der Waals surface area (Å²) >= 11 is 0. The highest BCUT2D eigenvalue weighted by Crippen LogP contribution is 2.42. The molecule has 0 spiro atoms. The van der Waals surface area contributed by atoms with E-state index in [9.17, 15) is 18.0 Å². The van der Waals surface area contributed by atoms with Gasteiger partial charge in [0.25, 0.3) is 11.5 Å².